The number of hydrogen-bond acceptors (Lipinski definition) is 18. The average Bonchev–Trinajstić information content (AvgIpc) is 3.35. The van der Waals surface area contributed by atoms with Crippen molar-refractivity contribution in [3.63, 3.8) is 0 Å². The molecule has 0 heterocycles. The van der Waals surface area contributed by atoms with Gasteiger partial charge in [-0.25, -0.2) is 28.8 Å². The molecular formula is C48H45O24U. The van der Waals surface area contributed by atoms with Crippen molar-refractivity contribution in [1.82, 2.24) is 0 Å². The summed E-state index contributed by atoms with van der Waals surface area (Å²) >= 11 is 0. The normalized spacial score (nSPS) is 9.29. The second-order valence-electron chi connectivity index (χ2n) is 13.1. The molecule has 0 aliphatic heterocycles. The van der Waals surface area contributed by atoms with Gasteiger partial charge in [0.05, 0.1) is 76.0 Å². The Morgan fingerprint density at radius 1 is 0.301 bits per heavy atom. The van der Waals surface area contributed by atoms with Gasteiger partial charge in [0.25, 0.3) is 0 Å². The van der Waals surface area contributed by atoms with Gasteiger partial charge in [0.2, 0.25) is 0 Å². The fraction of sp³-hybridized carbons (Fsp3) is 0.125. The first-order valence-electron chi connectivity index (χ1n) is 19.5. The summed E-state index contributed by atoms with van der Waals surface area (Å²) in [5.41, 5.74) is 0.406. The molecule has 24 nitrogen and oxygen atoms in total. The molecule has 0 bridgehead atoms. The summed E-state index contributed by atoms with van der Waals surface area (Å²) < 4.78 is 28.1. The van der Waals surface area contributed by atoms with Gasteiger partial charge >= 0.3 is 66.9 Å². The van der Waals surface area contributed by atoms with E-state index in [-0.39, 0.29) is 133 Å². The van der Waals surface area contributed by atoms with Crippen LogP contribution in [-0.2, 0) is 0 Å². The molecule has 0 atom stereocenters. The maximum atomic E-state index is 10.9. The number of aromatic carboxylic acids is 6. The quantitative estimate of drug-likeness (QED) is 0.0801. The number of carbonyl (C=O) groups is 6. The molecule has 385 valence electrons. The fourth-order valence-corrected chi connectivity index (χ4v) is 4.83. The Labute approximate surface area is 437 Å². The summed E-state index contributed by atoms with van der Waals surface area (Å²) in [4.78, 5) is 62.6. The van der Waals surface area contributed by atoms with E-state index >= 15 is 0 Å². The van der Waals surface area contributed by atoms with E-state index in [1.54, 1.807) is 0 Å². The van der Waals surface area contributed by atoms with Crippen molar-refractivity contribution in [2.75, 3.05) is 42.7 Å². The number of methoxy groups -OCH3 is 6. The zero-order valence-corrected chi connectivity index (χ0v) is 43.2. The third-order valence-electron chi connectivity index (χ3n) is 8.51. The van der Waals surface area contributed by atoms with Crippen molar-refractivity contribution < 1.29 is 150 Å². The Kier molecular flexibility index (Phi) is 27.8. The molecule has 0 saturated heterocycles. The summed E-state index contributed by atoms with van der Waals surface area (Å²) in [5.74, 6) is -6.88. The molecule has 6 rings (SSSR count). The second-order valence-corrected chi connectivity index (χ2v) is 13.1. The molecule has 0 unspecified atom stereocenters. The van der Waals surface area contributed by atoms with Crippen molar-refractivity contribution in [1.29, 1.82) is 0 Å². The molecule has 0 aliphatic carbocycles. The monoisotopic (exact) mass is 1240 g/mol. The van der Waals surface area contributed by atoms with Crippen molar-refractivity contribution >= 4 is 35.8 Å². The molecule has 0 aromatic heterocycles. The summed E-state index contributed by atoms with van der Waals surface area (Å²) in [6.45, 7) is 0. The third-order valence-corrected chi connectivity index (χ3v) is 8.51. The smallest absolute Gasteiger partial charge is 0.870 e. The van der Waals surface area contributed by atoms with Crippen LogP contribution >= 0.6 is 0 Å². The van der Waals surface area contributed by atoms with E-state index in [1.165, 1.54) is 152 Å². The maximum Gasteiger partial charge on any atom is 3.00 e. The summed E-state index contributed by atoms with van der Waals surface area (Å²) in [6.07, 6.45) is 0. The van der Waals surface area contributed by atoms with Crippen molar-refractivity contribution in [2.45, 2.75) is 0 Å². The number of hydrogen-bond donors (Lipinski definition) is 9. The van der Waals surface area contributed by atoms with Crippen LogP contribution in [0.5, 0.6) is 69.0 Å². The van der Waals surface area contributed by atoms with Crippen LogP contribution in [0.15, 0.2) is 109 Å². The molecule has 0 amide bonds. The Hall–Kier alpha value is -9.21. The fourth-order valence-electron chi connectivity index (χ4n) is 4.83. The van der Waals surface area contributed by atoms with Gasteiger partial charge in [0.15, 0.2) is 34.5 Å². The minimum absolute atomic E-state index is 0. The van der Waals surface area contributed by atoms with Gasteiger partial charge in [-0.3, -0.25) is 0 Å². The first-order valence-corrected chi connectivity index (χ1v) is 19.5. The number of benzene rings is 6. The topological polar surface area (TPSA) is 409 Å². The number of carboxylic acids is 6. The standard InChI is InChI=1S/6C8H8O4.U/c6*1-12-7-4-5(8(10)11)2-3-6(7)9;/h6*2-4,9H,1H3,(H,10,11);/q;;;;;;+3/p-3. The molecule has 0 saturated carbocycles. The molecule has 0 fully saturated rings. The van der Waals surface area contributed by atoms with E-state index in [2.05, 4.69) is 14.2 Å². The van der Waals surface area contributed by atoms with Crippen LogP contribution in [0.25, 0.3) is 0 Å². The van der Waals surface area contributed by atoms with Crippen molar-refractivity contribution in [2.24, 2.45) is 0 Å². The van der Waals surface area contributed by atoms with Gasteiger partial charge in [-0.2, -0.15) is 0 Å². The average molecular weight is 1240 g/mol. The van der Waals surface area contributed by atoms with Crippen LogP contribution in [0, 0.1) is 31.1 Å². The Morgan fingerprint density at radius 2 is 0.452 bits per heavy atom. The number of rotatable bonds is 12. The van der Waals surface area contributed by atoms with Crippen LogP contribution in [-0.4, -0.2) is 124 Å². The molecule has 0 aliphatic rings. The number of phenolic OH excluding ortho intramolecular Hbond substituents is 3. The van der Waals surface area contributed by atoms with Crippen LogP contribution in [0.4, 0.5) is 0 Å². The van der Waals surface area contributed by atoms with Crippen LogP contribution in [0.1, 0.15) is 62.1 Å². The summed E-state index contributed by atoms with van der Waals surface area (Å²) in [7, 11) is 8.05. The van der Waals surface area contributed by atoms with Crippen molar-refractivity contribution in [3.8, 4) is 69.0 Å². The van der Waals surface area contributed by atoms with E-state index < -0.39 is 35.8 Å². The molecule has 9 N–H and O–H groups in total. The molecular weight excluding hydrogens is 1200 g/mol. The molecule has 6 aromatic carbocycles. The largest absolute Gasteiger partial charge is 3.00 e. The van der Waals surface area contributed by atoms with Crippen LogP contribution < -0.4 is 43.7 Å². The minimum atomic E-state index is -1.08. The van der Waals surface area contributed by atoms with E-state index in [9.17, 15) is 44.1 Å². The predicted octanol–water partition coefficient (Wildman–Crippen LogP) is 4.70. The van der Waals surface area contributed by atoms with Gasteiger partial charge in [-0.1, -0.05) is 35.4 Å². The Bertz CT molecular complexity index is 2340. The van der Waals surface area contributed by atoms with Gasteiger partial charge in [0.1, 0.15) is 17.2 Å². The van der Waals surface area contributed by atoms with E-state index in [0.717, 1.165) is 0 Å². The molecule has 25 heteroatoms. The zero-order chi connectivity index (χ0) is 54.8. The SMILES string of the molecule is COc1cc(C(=O)O)ccc1O.COc1cc(C(=O)O)ccc1O.COc1cc(C(=O)O)ccc1O.COc1cc(C(=O)O)ccc1[O-].COc1cc(C(=O)O)ccc1[O-].COc1cc(C(=O)O)ccc1[O-].[U+3]. The number of aromatic hydroxyl groups is 3. The maximum absolute atomic E-state index is 10.9. The first kappa shape index (κ1) is 63.8. The number of carboxylic acid groups (broad SMARTS) is 6. The number of phenols is 3. The molecule has 1 radical (unpaired) electrons. The zero-order valence-electron chi connectivity index (χ0n) is 39.0. The second kappa shape index (κ2) is 31.8. The van der Waals surface area contributed by atoms with Gasteiger partial charge in [0, 0.05) is 0 Å². The van der Waals surface area contributed by atoms with E-state index in [0.29, 0.717) is 0 Å². The summed E-state index contributed by atoms with van der Waals surface area (Å²) in [6, 6.07) is 22.4. The third kappa shape index (κ3) is 21.1. The molecule has 0 spiro atoms. The van der Waals surface area contributed by atoms with Crippen LogP contribution in [0.3, 0.4) is 0 Å². The molecule has 6 aromatic rings. The van der Waals surface area contributed by atoms with E-state index in [1.807, 2.05) is 0 Å². The van der Waals surface area contributed by atoms with Gasteiger partial charge in [-0.15, -0.1) is 0 Å². The first-order chi connectivity index (χ1) is 33.9. The summed E-state index contributed by atoms with van der Waals surface area (Å²) in [5, 5.41) is 111. The molecule has 73 heavy (non-hydrogen) atoms. The Morgan fingerprint density at radius 3 is 0.603 bits per heavy atom. The van der Waals surface area contributed by atoms with Crippen molar-refractivity contribution in [3.05, 3.63) is 143 Å². The van der Waals surface area contributed by atoms with Gasteiger partial charge in [-0.05, 0) is 91.0 Å². The Balaban J connectivity index is 0.000000850. The van der Waals surface area contributed by atoms with Crippen LogP contribution in [0.2, 0.25) is 0 Å². The van der Waals surface area contributed by atoms with E-state index in [4.69, 9.17) is 60.2 Å². The minimum Gasteiger partial charge on any atom is -0.870 e. The van der Waals surface area contributed by atoms with Gasteiger partial charge < -0.3 is 89.7 Å². The predicted molar refractivity (Wildman–Crippen MR) is 243 cm³/mol. The number of ether oxygens (including phenoxy) is 6.